The molecule has 8 nitrogen and oxygen atoms in total. The molecule has 0 saturated carbocycles. The molecule has 0 unspecified atom stereocenters. The highest BCUT2D eigenvalue weighted by molar-refractivity contribution is 9.10. The number of allylic oxidation sites excluding steroid dienone is 2. The third-order valence-electron chi connectivity index (χ3n) is 4.34. The largest absolute Gasteiger partial charge is 0.370 e. The molecule has 0 atom stereocenters. The van der Waals surface area contributed by atoms with Crippen LogP contribution in [0.5, 0.6) is 0 Å². The zero-order chi connectivity index (χ0) is 19.9. The monoisotopic (exact) mass is 444 g/mol. The smallest absolute Gasteiger partial charge is 0.248 e. The second-order valence-electron chi connectivity index (χ2n) is 6.32. The van der Waals surface area contributed by atoms with E-state index in [0.717, 1.165) is 12.0 Å². The third kappa shape index (κ3) is 4.97. The molecule has 1 saturated heterocycles. The minimum absolute atomic E-state index is 0.0248. The van der Waals surface area contributed by atoms with Crippen LogP contribution in [0.3, 0.4) is 0 Å². The van der Waals surface area contributed by atoms with Gasteiger partial charge in [-0.15, -0.1) is 0 Å². The molecule has 2 aliphatic heterocycles. The highest BCUT2D eigenvalue weighted by Gasteiger charge is 2.19. The quantitative estimate of drug-likeness (QED) is 0.407. The van der Waals surface area contributed by atoms with Crippen molar-refractivity contribution in [2.75, 3.05) is 32.8 Å². The molecule has 1 fully saturated rings. The van der Waals surface area contributed by atoms with E-state index in [1.807, 2.05) is 25.3 Å². The third-order valence-corrected chi connectivity index (χ3v) is 4.78. The van der Waals surface area contributed by atoms with E-state index in [0.29, 0.717) is 53.8 Å². The number of morpholine rings is 1. The Bertz CT molecular complexity index is 887. The molecule has 0 spiro atoms. The number of guanidine groups is 1. The number of pyridine rings is 1. The number of hydrogen-bond acceptors (Lipinski definition) is 5. The lowest BCUT2D eigenvalue weighted by molar-refractivity contribution is -0.142. The molecule has 2 aliphatic rings. The average Bonchev–Trinajstić information content (AvgIpc) is 2.69. The number of carbonyl (C=O) groups is 1. The van der Waals surface area contributed by atoms with Gasteiger partial charge in [0, 0.05) is 25.8 Å². The maximum absolute atomic E-state index is 11.7. The summed E-state index contributed by atoms with van der Waals surface area (Å²) in [5, 5.41) is 16.0. The summed E-state index contributed by atoms with van der Waals surface area (Å²) in [4.78, 5) is 22.4. The first-order valence-corrected chi connectivity index (χ1v) is 9.76. The lowest BCUT2D eigenvalue weighted by atomic mass is 10.1. The molecule has 1 aromatic heterocycles. The van der Waals surface area contributed by atoms with E-state index in [2.05, 4.69) is 42.6 Å². The Morgan fingerprint density at radius 1 is 1.50 bits per heavy atom. The van der Waals surface area contributed by atoms with Crippen molar-refractivity contribution in [3.05, 3.63) is 46.0 Å². The number of nitrogens with one attached hydrogen (secondary N) is 2. The summed E-state index contributed by atoms with van der Waals surface area (Å²) in [5.74, 6) is 0.591. The first-order valence-electron chi connectivity index (χ1n) is 8.96. The van der Waals surface area contributed by atoms with Gasteiger partial charge in [0.05, 0.1) is 18.0 Å². The van der Waals surface area contributed by atoms with E-state index in [1.54, 1.807) is 11.0 Å². The maximum Gasteiger partial charge on any atom is 0.248 e. The van der Waals surface area contributed by atoms with Gasteiger partial charge in [0.15, 0.2) is 5.96 Å². The molecule has 146 valence electrons. The van der Waals surface area contributed by atoms with Gasteiger partial charge in [0.2, 0.25) is 5.91 Å². The Kier molecular flexibility index (Phi) is 6.79. The summed E-state index contributed by atoms with van der Waals surface area (Å²) < 4.78 is 5.79. The Labute approximate surface area is 172 Å². The van der Waals surface area contributed by atoms with E-state index in [4.69, 9.17) is 4.74 Å². The molecule has 2 N–H and O–H groups in total. The zero-order valence-electron chi connectivity index (χ0n) is 15.5. The van der Waals surface area contributed by atoms with Crippen molar-refractivity contribution >= 4 is 33.4 Å². The van der Waals surface area contributed by atoms with Gasteiger partial charge in [-0.05, 0) is 47.0 Å². The summed E-state index contributed by atoms with van der Waals surface area (Å²) in [5.41, 5.74) is 2.59. The zero-order valence-corrected chi connectivity index (χ0v) is 17.1. The number of carbonyl (C=O) groups excluding carboxylic acids is 1. The number of ether oxygens (including phenoxy) is 1. The molecule has 0 bridgehead atoms. The molecule has 1 amide bonds. The van der Waals surface area contributed by atoms with Gasteiger partial charge >= 0.3 is 0 Å². The van der Waals surface area contributed by atoms with Crippen LogP contribution in [0.15, 0.2) is 45.3 Å². The summed E-state index contributed by atoms with van der Waals surface area (Å²) in [6.07, 6.45) is 2.56. The molecule has 3 rings (SSSR count). The Morgan fingerprint density at radius 3 is 3.11 bits per heavy atom. The first kappa shape index (κ1) is 20.0. The second kappa shape index (κ2) is 9.48. The topological polar surface area (TPSA) is 103 Å². The van der Waals surface area contributed by atoms with Gasteiger partial charge in [-0.25, -0.2) is 4.98 Å². The SMILES string of the molecule is CC1=CNC(=NCCCN2CCOCC2=O)NC1=C(C#N)c1cccc(Br)n1. The summed E-state index contributed by atoms with van der Waals surface area (Å²) in [7, 11) is 0. The van der Waals surface area contributed by atoms with Crippen molar-refractivity contribution < 1.29 is 9.53 Å². The summed E-state index contributed by atoms with van der Waals surface area (Å²) in [6.45, 7) is 4.50. The van der Waals surface area contributed by atoms with Crippen LogP contribution in [-0.4, -0.2) is 54.6 Å². The number of aromatic nitrogens is 1. The van der Waals surface area contributed by atoms with Crippen LogP contribution in [0.1, 0.15) is 19.0 Å². The van der Waals surface area contributed by atoms with Crippen molar-refractivity contribution in [1.82, 2.24) is 20.5 Å². The fraction of sp³-hybridized carbons (Fsp3) is 0.368. The molecule has 3 heterocycles. The minimum atomic E-state index is 0.0248. The van der Waals surface area contributed by atoms with Crippen molar-refractivity contribution in [3.8, 4) is 6.07 Å². The number of nitrogens with zero attached hydrogens (tertiary/aromatic N) is 4. The van der Waals surface area contributed by atoms with Gasteiger partial charge < -0.3 is 20.3 Å². The van der Waals surface area contributed by atoms with Crippen molar-refractivity contribution in [2.45, 2.75) is 13.3 Å². The predicted molar refractivity (Wildman–Crippen MR) is 109 cm³/mol. The summed E-state index contributed by atoms with van der Waals surface area (Å²) in [6, 6.07) is 7.68. The second-order valence-corrected chi connectivity index (χ2v) is 7.13. The molecular weight excluding hydrogens is 424 g/mol. The number of halogens is 1. The van der Waals surface area contributed by atoms with Gasteiger partial charge in [-0.2, -0.15) is 5.26 Å². The Hall–Kier alpha value is -2.70. The number of amides is 1. The molecular formula is C19H21BrN6O2. The molecule has 0 aromatic carbocycles. The maximum atomic E-state index is 11.7. The van der Waals surface area contributed by atoms with E-state index in [-0.39, 0.29) is 12.5 Å². The molecule has 0 radical (unpaired) electrons. The standard InChI is InChI=1S/C19H21BrN6O2/c1-13-11-23-19(22-6-3-7-26-8-9-28-12-17(26)27)25-18(13)14(10-21)15-4-2-5-16(20)24-15/h2,4-5,11H,3,6-9,12H2,1H3,(H2,22,23,25). The van der Waals surface area contributed by atoms with Gasteiger partial charge in [-0.1, -0.05) is 6.07 Å². The molecule has 0 aliphatic carbocycles. The van der Waals surface area contributed by atoms with Crippen LogP contribution in [0.25, 0.3) is 5.57 Å². The van der Waals surface area contributed by atoms with Gasteiger partial charge in [0.1, 0.15) is 22.9 Å². The fourth-order valence-corrected chi connectivity index (χ4v) is 3.22. The minimum Gasteiger partial charge on any atom is -0.370 e. The lowest BCUT2D eigenvalue weighted by Gasteiger charge is -2.26. The van der Waals surface area contributed by atoms with E-state index >= 15 is 0 Å². The number of rotatable bonds is 5. The van der Waals surface area contributed by atoms with Gasteiger partial charge in [0.25, 0.3) is 0 Å². The predicted octanol–water partition coefficient (Wildman–Crippen LogP) is 1.78. The van der Waals surface area contributed by atoms with Gasteiger partial charge in [-0.3, -0.25) is 9.79 Å². The molecule has 1 aromatic rings. The van der Waals surface area contributed by atoms with Crippen LogP contribution < -0.4 is 10.6 Å². The van der Waals surface area contributed by atoms with Crippen LogP contribution in [-0.2, 0) is 9.53 Å². The fourth-order valence-electron chi connectivity index (χ4n) is 2.87. The lowest BCUT2D eigenvalue weighted by Crippen LogP contribution is -2.42. The van der Waals surface area contributed by atoms with Crippen LogP contribution >= 0.6 is 15.9 Å². The van der Waals surface area contributed by atoms with E-state index in [9.17, 15) is 10.1 Å². The Morgan fingerprint density at radius 2 is 2.36 bits per heavy atom. The van der Waals surface area contributed by atoms with Crippen LogP contribution in [0, 0.1) is 11.3 Å². The first-order chi connectivity index (χ1) is 13.6. The Balaban J connectivity index is 1.67. The highest BCUT2D eigenvalue weighted by atomic mass is 79.9. The molecule has 9 heteroatoms. The van der Waals surface area contributed by atoms with Crippen molar-refractivity contribution in [2.24, 2.45) is 4.99 Å². The van der Waals surface area contributed by atoms with Crippen LogP contribution in [0.2, 0.25) is 0 Å². The van der Waals surface area contributed by atoms with E-state index in [1.165, 1.54) is 0 Å². The van der Waals surface area contributed by atoms with E-state index < -0.39 is 0 Å². The summed E-state index contributed by atoms with van der Waals surface area (Å²) >= 11 is 3.34. The van der Waals surface area contributed by atoms with Crippen LogP contribution in [0.4, 0.5) is 0 Å². The van der Waals surface area contributed by atoms with Crippen molar-refractivity contribution in [3.63, 3.8) is 0 Å². The average molecular weight is 445 g/mol. The normalized spacial score (nSPS) is 20.2. The van der Waals surface area contributed by atoms with Crippen molar-refractivity contribution in [1.29, 1.82) is 5.26 Å². The number of nitriles is 1. The molecule has 28 heavy (non-hydrogen) atoms. The number of aliphatic imine (C=N–C) groups is 1. The number of hydrogen-bond donors (Lipinski definition) is 2. The highest BCUT2D eigenvalue weighted by Crippen LogP contribution is 2.22.